The van der Waals surface area contributed by atoms with E-state index in [2.05, 4.69) is 5.10 Å². The average molecular weight is 600 g/mol. The van der Waals surface area contributed by atoms with Crippen molar-refractivity contribution in [2.75, 3.05) is 6.54 Å². The number of rotatable bonds is 7. The molecular weight excluding hydrogens is 570 g/mol. The van der Waals surface area contributed by atoms with E-state index in [0.717, 1.165) is 43.0 Å². The number of halogens is 5. The van der Waals surface area contributed by atoms with Gasteiger partial charge in [0.2, 0.25) is 0 Å². The number of benzene rings is 1. The van der Waals surface area contributed by atoms with E-state index in [1.165, 1.54) is 17.0 Å². The molecule has 1 spiro atoms. The highest BCUT2D eigenvalue weighted by Crippen LogP contribution is 2.55. The summed E-state index contributed by atoms with van der Waals surface area (Å²) in [5, 5.41) is 13.5. The Morgan fingerprint density at radius 2 is 1.65 bits per heavy atom. The second-order valence-corrected chi connectivity index (χ2v) is 12.1. The summed E-state index contributed by atoms with van der Waals surface area (Å²) in [4.78, 5) is 40.1. The van der Waals surface area contributed by atoms with Gasteiger partial charge >= 0.3 is 12.1 Å². The number of carbonyl (C=O) groups is 3. The minimum absolute atomic E-state index is 0.0327. The first kappa shape index (κ1) is 28.9. The molecule has 0 bridgehead atoms. The quantitative estimate of drug-likeness (QED) is 0.343. The zero-order valence-corrected chi connectivity index (χ0v) is 23.2. The molecule has 216 valence electrons. The molecule has 0 radical (unpaired) electrons. The zero-order chi connectivity index (χ0) is 28.8. The fraction of sp³-hybridized carbons (Fsp3) is 0.571. The third-order valence-corrected chi connectivity index (χ3v) is 9.73. The second-order valence-electron chi connectivity index (χ2n) is 11.3. The van der Waals surface area contributed by atoms with Gasteiger partial charge in [-0.3, -0.25) is 19.1 Å². The lowest BCUT2D eigenvalue weighted by Gasteiger charge is -2.52. The number of aliphatic carboxylic acids is 1. The smallest absolute Gasteiger partial charge is 0.433 e. The van der Waals surface area contributed by atoms with Gasteiger partial charge in [0.05, 0.1) is 45.9 Å². The SMILES string of the molecule is O=C(CN(C(=O)c1cnn([C@H]2CC[C@@H](C(=O)O)CC2)c1C(F)(F)F)[C@H]1CCC12CCCC2)c1c(Cl)cccc1Cl. The Bertz CT molecular complexity index is 1290. The molecule has 1 heterocycles. The molecular formula is C28H30Cl2F3N3O4. The van der Waals surface area contributed by atoms with Gasteiger partial charge in [0.15, 0.2) is 11.5 Å². The highest BCUT2D eigenvalue weighted by Gasteiger charge is 2.53. The molecule has 2 aromatic rings. The van der Waals surface area contributed by atoms with Gasteiger partial charge in [-0.05, 0) is 68.9 Å². The number of amides is 1. The standard InChI is InChI=1S/C28H30Cl2F3N3O4/c29-19-4-3-5-20(30)23(19)21(37)15-35(22-10-13-27(22)11-1-2-12-27)25(38)18-14-34-36(24(18)28(31,32)33)17-8-6-16(7-9-17)26(39)40/h3-5,14,16-17,22H,1-2,6-13,15H2,(H,39,40)/t16-,17+,22-/m0/s1. The van der Waals surface area contributed by atoms with Crippen molar-refractivity contribution < 1.29 is 32.7 Å². The maximum absolute atomic E-state index is 14.5. The maximum Gasteiger partial charge on any atom is 0.433 e. The molecule has 0 unspecified atom stereocenters. The van der Waals surface area contributed by atoms with Gasteiger partial charge in [0.25, 0.3) is 5.91 Å². The van der Waals surface area contributed by atoms with Gasteiger partial charge in [-0.1, -0.05) is 42.1 Å². The average Bonchev–Trinajstić information content (AvgIpc) is 3.56. The van der Waals surface area contributed by atoms with E-state index in [9.17, 15) is 32.7 Å². The summed E-state index contributed by atoms with van der Waals surface area (Å²) in [6, 6.07) is 3.51. The third kappa shape index (κ3) is 5.24. The number of ketones is 1. The number of alkyl halides is 3. The first-order valence-corrected chi connectivity index (χ1v) is 14.3. The van der Waals surface area contributed by atoms with Gasteiger partial charge < -0.3 is 10.0 Å². The molecule has 3 fully saturated rings. The predicted molar refractivity (Wildman–Crippen MR) is 142 cm³/mol. The van der Waals surface area contributed by atoms with Crippen LogP contribution in [0.2, 0.25) is 10.0 Å². The largest absolute Gasteiger partial charge is 0.481 e. The summed E-state index contributed by atoms with van der Waals surface area (Å²) >= 11 is 12.5. The van der Waals surface area contributed by atoms with Gasteiger partial charge in [-0.15, -0.1) is 0 Å². The first-order valence-electron chi connectivity index (χ1n) is 13.6. The van der Waals surface area contributed by atoms with Crippen LogP contribution in [0, 0.1) is 11.3 Å². The molecule has 1 N–H and O–H groups in total. The number of carboxylic acid groups (broad SMARTS) is 1. The van der Waals surface area contributed by atoms with Crippen LogP contribution in [0.1, 0.15) is 96.7 Å². The lowest BCUT2D eigenvalue weighted by molar-refractivity contribution is -0.147. The van der Waals surface area contributed by atoms with Crippen LogP contribution in [0.4, 0.5) is 13.2 Å². The Morgan fingerprint density at radius 3 is 2.17 bits per heavy atom. The Morgan fingerprint density at radius 1 is 1.02 bits per heavy atom. The molecule has 7 nitrogen and oxygen atoms in total. The summed E-state index contributed by atoms with van der Waals surface area (Å²) in [5.41, 5.74) is -1.95. The minimum Gasteiger partial charge on any atom is -0.481 e. The molecule has 12 heteroatoms. The Labute approximate surface area is 239 Å². The molecule has 1 aromatic heterocycles. The van der Waals surface area contributed by atoms with E-state index in [1.54, 1.807) is 6.07 Å². The van der Waals surface area contributed by atoms with Gasteiger partial charge in [0.1, 0.15) is 0 Å². The van der Waals surface area contributed by atoms with Crippen LogP contribution in [0.15, 0.2) is 24.4 Å². The number of carbonyl (C=O) groups excluding carboxylic acids is 2. The van der Waals surface area contributed by atoms with Crippen LogP contribution < -0.4 is 0 Å². The fourth-order valence-corrected chi connectivity index (χ4v) is 7.56. The Kier molecular flexibility index (Phi) is 7.96. The van der Waals surface area contributed by atoms with Crippen LogP contribution in [0.5, 0.6) is 0 Å². The van der Waals surface area contributed by atoms with Crippen molar-refractivity contribution >= 4 is 40.9 Å². The van der Waals surface area contributed by atoms with Gasteiger partial charge in [0, 0.05) is 6.04 Å². The molecule has 1 amide bonds. The van der Waals surface area contributed by atoms with Crippen molar-refractivity contribution in [3.8, 4) is 0 Å². The Hall–Kier alpha value is -2.59. The van der Waals surface area contributed by atoms with E-state index in [4.69, 9.17) is 23.2 Å². The van der Waals surface area contributed by atoms with Crippen LogP contribution in [0.25, 0.3) is 0 Å². The van der Waals surface area contributed by atoms with Crippen LogP contribution in [-0.2, 0) is 11.0 Å². The zero-order valence-electron chi connectivity index (χ0n) is 21.7. The molecule has 40 heavy (non-hydrogen) atoms. The van der Waals surface area contributed by atoms with E-state index in [0.29, 0.717) is 6.42 Å². The maximum atomic E-state index is 14.5. The summed E-state index contributed by atoms with van der Waals surface area (Å²) in [6.07, 6.45) is 1.97. The minimum atomic E-state index is -4.89. The van der Waals surface area contributed by atoms with Crippen molar-refractivity contribution in [2.24, 2.45) is 11.3 Å². The summed E-state index contributed by atoms with van der Waals surface area (Å²) in [7, 11) is 0. The number of nitrogens with zero attached hydrogens (tertiary/aromatic N) is 3. The lowest BCUT2D eigenvalue weighted by atomic mass is 9.62. The topological polar surface area (TPSA) is 92.5 Å². The fourth-order valence-electron chi connectivity index (χ4n) is 6.95. The number of carboxylic acids is 1. The molecule has 3 aliphatic rings. The van der Waals surface area contributed by atoms with E-state index < -0.39 is 53.6 Å². The number of hydrogen-bond acceptors (Lipinski definition) is 4. The first-order chi connectivity index (χ1) is 18.9. The van der Waals surface area contributed by atoms with Crippen molar-refractivity contribution in [1.29, 1.82) is 0 Å². The van der Waals surface area contributed by atoms with Gasteiger partial charge in [-0.25, -0.2) is 0 Å². The number of hydrogen-bond donors (Lipinski definition) is 1. The highest BCUT2D eigenvalue weighted by atomic mass is 35.5. The van der Waals surface area contributed by atoms with E-state index in [-0.39, 0.29) is 52.7 Å². The predicted octanol–water partition coefficient (Wildman–Crippen LogP) is 7.07. The monoisotopic (exact) mass is 599 g/mol. The Balaban J connectivity index is 1.50. The number of Topliss-reactive ketones (excluding diaryl/α,β-unsaturated/α-hetero) is 1. The summed E-state index contributed by atoms with van der Waals surface area (Å²) in [5.74, 6) is -3.02. The molecule has 0 saturated heterocycles. The molecule has 5 rings (SSSR count). The highest BCUT2D eigenvalue weighted by molar-refractivity contribution is 6.40. The van der Waals surface area contributed by atoms with E-state index in [1.807, 2.05) is 0 Å². The third-order valence-electron chi connectivity index (χ3n) is 9.10. The van der Waals surface area contributed by atoms with Crippen molar-refractivity contribution in [3.63, 3.8) is 0 Å². The van der Waals surface area contributed by atoms with E-state index >= 15 is 0 Å². The van der Waals surface area contributed by atoms with Crippen molar-refractivity contribution in [3.05, 3.63) is 51.3 Å². The van der Waals surface area contributed by atoms with Crippen LogP contribution >= 0.6 is 23.2 Å². The molecule has 3 aliphatic carbocycles. The molecule has 1 aromatic carbocycles. The van der Waals surface area contributed by atoms with Gasteiger partial charge in [-0.2, -0.15) is 18.3 Å². The van der Waals surface area contributed by atoms with Crippen molar-refractivity contribution in [1.82, 2.24) is 14.7 Å². The summed E-state index contributed by atoms with van der Waals surface area (Å²) < 4.78 is 44.4. The number of aromatic nitrogens is 2. The lowest BCUT2D eigenvalue weighted by Crippen LogP contribution is -2.57. The molecule has 0 aliphatic heterocycles. The normalized spacial score (nSPS) is 24.1. The van der Waals surface area contributed by atoms with Crippen molar-refractivity contribution in [2.45, 2.75) is 82.5 Å². The van der Waals surface area contributed by atoms with Crippen LogP contribution in [0.3, 0.4) is 0 Å². The second kappa shape index (κ2) is 11.0. The van der Waals surface area contributed by atoms with Crippen LogP contribution in [-0.4, -0.2) is 50.0 Å². The molecule has 1 atom stereocenters. The molecule has 3 saturated carbocycles. The summed E-state index contributed by atoms with van der Waals surface area (Å²) in [6.45, 7) is -0.457.